The molecule has 15 heteroatoms. The molecule has 64 heavy (non-hydrogen) atoms. The van der Waals surface area contributed by atoms with Gasteiger partial charge in [-0.05, 0) is 133 Å². The molecule has 3 N–H and O–H groups in total. The maximum atomic E-state index is 15.4. The second kappa shape index (κ2) is 18.2. The van der Waals surface area contributed by atoms with E-state index < -0.39 is 6.04 Å². The summed E-state index contributed by atoms with van der Waals surface area (Å²) in [6, 6.07) is 14.0. The standard InChI is InChI=1S/C49H58FN11O3/c1-4-49(48(64)55-31(2)3)17-21-59(22-18-49)39-10-12-43(52-28-39)41-23-33(29-61-46(41)34(25-51)26-54-61)35-27-53-60(30-35)38-8-6-37(7-9-38)58-19-15-32(16-20-58)40-11-5-36(24-42(40)50)56-44-13-14-45(62)57-47(44)63/h5,10-12,23-24,26-32,37-38,44,56H,4,6-9,13-22H2,1-3H3,(H,55,64)(H,57,62,63). The van der Waals surface area contributed by atoms with Crippen molar-refractivity contribution in [3.05, 3.63) is 84.3 Å². The van der Waals surface area contributed by atoms with Crippen molar-refractivity contribution in [3.63, 3.8) is 0 Å². The average molecular weight is 868 g/mol. The van der Waals surface area contributed by atoms with E-state index in [-0.39, 0.29) is 53.4 Å². The first-order valence-corrected chi connectivity index (χ1v) is 23.1. The Hall–Kier alpha value is -6.14. The molecular formula is C49H58FN11O3. The van der Waals surface area contributed by atoms with E-state index in [4.69, 9.17) is 10.1 Å². The Morgan fingerprint density at radius 3 is 2.36 bits per heavy atom. The summed E-state index contributed by atoms with van der Waals surface area (Å²) in [7, 11) is 0. The number of aromatic nitrogens is 5. The number of rotatable bonds is 11. The van der Waals surface area contributed by atoms with Gasteiger partial charge in [-0.25, -0.2) is 8.91 Å². The molecule has 9 rings (SSSR count). The predicted octanol–water partition coefficient (Wildman–Crippen LogP) is 7.37. The number of halogens is 1. The van der Waals surface area contributed by atoms with Crippen LogP contribution in [-0.4, -0.2) is 91.3 Å². The molecule has 3 saturated heterocycles. The van der Waals surface area contributed by atoms with Crippen LogP contribution in [0.4, 0.5) is 15.8 Å². The average Bonchev–Trinajstić information content (AvgIpc) is 3.98. The number of carbonyl (C=O) groups excluding carboxylic acids is 3. The number of nitriles is 1. The van der Waals surface area contributed by atoms with Gasteiger partial charge in [0.15, 0.2) is 0 Å². The van der Waals surface area contributed by atoms with E-state index in [1.807, 2.05) is 50.6 Å². The molecule has 4 fully saturated rings. The number of likely N-dealkylation sites (tertiary alicyclic amines) is 1. The fourth-order valence-corrected chi connectivity index (χ4v) is 10.6. The van der Waals surface area contributed by atoms with Crippen LogP contribution >= 0.6 is 0 Å². The molecule has 5 aromatic rings. The number of pyridine rings is 2. The smallest absolute Gasteiger partial charge is 0.249 e. The van der Waals surface area contributed by atoms with Gasteiger partial charge in [0.05, 0.1) is 52.5 Å². The SMILES string of the molecule is CCC1(C(=O)NC(C)C)CCN(c2ccc(-c3cc(-c4cnn(C5CCC(N6CCC(c7ccc(NC8CCC(=O)NC8=O)cc7F)CC6)CC5)c4)cn4ncc(C#N)c34)nc2)CC1. The van der Waals surface area contributed by atoms with Crippen molar-refractivity contribution in [1.29, 1.82) is 5.26 Å². The number of anilines is 2. The summed E-state index contributed by atoms with van der Waals surface area (Å²) >= 11 is 0. The Balaban J connectivity index is 0.816. The second-order valence-electron chi connectivity index (χ2n) is 18.6. The highest BCUT2D eigenvalue weighted by Crippen LogP contribution is 2.39. The number of fused-ring (bicyclic) bond motifs is 1. The lowest BCUT2D eigenvalue weighted by atomic mass is 9.75. The lowest BCUT2D eigenvalue weighted by Crippen LogP contribution is -2.50. The van der Waals surface area contributed by atoms with Crippen molar-refractivity contribution in [3.8, 4) is 28.5 Å². The van der Waals surface area contributed by atoms with E-state index >= 15 is 4.39 Å². The van der Waals surface area contributed by atoms with Gasteiger partial charge in [0.25, 0.3) is 0 Å². The van der Waals surface area contributed by atoms with Crippen LogP contribution in [0.25, 0.3) is 27.9 Å². The van der Waals surface area contributed by atoms with Gasteiger partial charge >= 0.3 is 0 Å². The van der Waals surface area contributed by atoms with Crippen LogP contribution in [0.1, 0.15) is 114 Å². The molecule has 14 nitrogen and oxygen atoms in total. The fraction of sp³-hybridized carbons (Fsp3) is 0.490. The minimum Gasteiger partial charge on any atom is -0.374 e. The Kier molecular flexibility index (Phi) is 12.2. The van der Waals surface area contributed by atoms with Crippen LogP contribution in [0.3, 0.4) is 0 Å². The molecule has 1 aliphatic carbocycles. The summed E-state index contributed by atoms with van der Waals surface area (Å²) in [4.78, 5) is 46.6. The maximum Gasteiger partial charge on any atom is 0.249 e. The van der Waals surface area contributed by atoms with Crippen LogP contribution in [0, 0.1) is 22.6 Å². The third-order valence-electron chi connectivity index (χ3n) is 14.5. The molecule has 0 bridgehead atoms. The van der Waals surface area contributed by atoms with Gasteiger partial charge in [0.2, 0.25) is 17.7 Å². The zero-order valence-corrected chi connectivity index (χ0v) is 37.0. The molecule has 1 unspecified atom stereocenters. The molecule has 1 atom stereocenters. The van der Waals surface area contributed by atoms with Crippen LogP contribution in [0.5, 0.6) is 0 Å². The highest BCUT2D eigenvalue weighted by Gasteiger charge is 2.40. The summed E-state index contributed by atoms with van der Waals surface area (Å²) in [6.45, 7) is 9.54. The zero-order chi connectivity index (χ0) is 44.5. The molecule has 7 heterocycles. The van der Waals surface area contributed by atoms with Crippen molar-refractivity contribution < 1.29 is 18.8 Å². The third kappa shape index (κ3) is 8.72. The molecular weight excluding hydrogens is 810 g/mol. The van der Waals surface area contributed by atoms with E-state index in [9.17, 15) is 19.6 Å². The quantitative estimate of drug-likeness (QED) is 0.114. The largest absolute Gasteiger partial charge is 0.374 e. The second-order valence-corrected chi connectivity index (χ2v) is 18.6. The number of imide groups is 1. The minimum atomic E-state index is -0.544. The van der Waals surface area contributed by atoms with E-state index in [2.05, 4.69) is 66.9 Å². The van der Waals surface area contributed by atoms with E-state index in [1.165, 1.54) is 6.07 Å². The molecule has 3 aliphatic heterocycles. The number of benzene rings is 1. The van der Waals surface area contributed by atoms with Gasteiger partial charge in [-0.1, -0.05) is 13.0 Å². The van der Waals surface area contributed by atoms with Crippen molar-refractivity contribution in [2.75, 3.05) is 36.4 Å². The lowest BCUT2D eigenvalue weighted by molar-refractivity contribution is -0.134. The highest BCUT2D eigenvalue weighted by atomic mass is 19.1. The van der Waals surface area contributed by atoms with Crippen LogP contribution in [0.2, 0.25) is 0 Å². The van der Waals surface area contributed by atoms with Crippen molar-refractivity contribution >= 4 is 34.6 Å². The fourth-order valence-electron chi connectivity index (χ4n) is 10.6. The normalized spacial score (nSPS) is 22.1. The molecule has 0 radical (unpaired) electrons. The lowest BCUT2D eigenvalue weighted by Gasteiger charge is -2.41. The van der Waals surface area contributed by atoms with Crippen molar-refractivity contribution in [1.82, 2.24) is 39.9 Å². The van der Waals surface area contributed by atoms with E-state index in [0.717, 1.165) is 118 Å². The van der Waals surface area contributed by atoms with Crippen LogP contribution in [-0.2, 0) is 14.4 Å². The van der Waals surface area contributed by atoms with Crippen LogP contribution < -0.4 is 20.9 Å². The molecule has 1 aromatic carbocycles. The van der Waals surface area contributed by atoms with Crippen molar-refractivity contribution in [2.45, 2.75) is 121 Å². The Bertz CT molecular complexity index is 2550. The molecule has 4 aliphatic rings. The maximum absolute atomic E-state index is 15.4. The summed E-state index contributed by atoms with van der Waals surface area (Å²) in [6.07, 6.45) is 18.6. The Labute approximate surface area is 373 Å². The number of carbonyl (C=O) groups is 3. The van der Waals surface area contributed by atoms with Crippen molar-refractivity contribution in [2.24, 2.45) is 5.41 Å². The summed E-state index contributed by atoms with van der Waals surface area (Å²) in [5, 5.41) is 28.0. The topological polar surface area (TPSA) is 166 Å². The molecule has 1 saturated carbocycles. The molecule has 0 spiro atoms. The van der Waals surface area contributed by atoms with Gasteiger partial charge in [-0.2, -0.15) is 15.5 Å². The van der Waals surface area contributed by atoms with Gasteiger partial charge < -0.3 is 20.4 Å². The summed E-state index contributed by atoms with van der Waals surface area (Å²) in [5.41, 5.74) is 6.63. The van der Waals surface area contributed by atoms with E-state index in [1.54, 1.807) is 10.7 Å². The summed E-state index contributed by atoms with van der Waals surface area (Å²) < 4.78 is 19.3. The zero-order valence-electron chi connectivity index (χ0n) is 37.0. The Morgan fingerprint density at radius 1 is 0.922 bits per heavy atom. The highest BCUT2D eigenvalue weighted by molar-refractivity contribution is 6.01. The monoisotopic (exact) mass is 867 g/mol. The predicted molar refractivity (Wildman–Crippen MR) is 243 cm³/mol. The third-order valence-corrected chi connectivity index (χ3v) is 14.5. The number of amides is 3. The Morgan fingerprint density at radius 2 is 1.69 bits per heavy atom. The molecule has 4 aromatic heterocycles. The van der Waals surface area contributed by atoms with Gasteiger partial charge in [0.1, 0.15) is 17.9 Å². The number of nitrogens with zero attached hydrogens (tertiary/aromatic N) is 8. The number of nitrogens with one attached hydrogen (secondary N) is 3. The van der Waals surface area contributed by atoms with Gasteiger partial charge in [-0.3, -0.25) is 29.4 Å². The summed E-state index contributed by atoms with van der Waals surface area (Å²) in [5.74, 6) is -0.591. The van der Waals surface area contributed by atoms with Gasteiger partial charge in [0, 0.05) is 66.4 Å². The number of hydrogen-bond donors (Lipinski definition) is 3. The first kappa shape index (κ1) is 43.1. The van der Waals surface area contributed by atoms with Gasteiger partial charge in [-0.15, -0.1) is 0 Å². The minimum absolute atomic E-state index is 0.117. The van der Waals surface area contributed by atoms with Crippen LogP contribution in [0.15, 0.2) is 67.4 Å². The number of hydrogen-bond acceptors (Lipinski definition) is 10. The molecule has 3 amide bonds. The first-order valence-electron chi connectivity index (χ1n) is 23.1. The first-order chi connectivity index (χ1) is 31.0. The van der Waals surface area contributed by atoms with E-state index in [0.29, 0.717) is 29.2 Å². The number of piperidine rings is 3. The molecule has 334 valence electrons.